The highest BCUT2D eigenvalue weighted by molar-refractivity contribution is 5.76. The second-order valence-electron chi connectivity index (χ2n) is 7.54. The van der Waals surface area contributed by atoms with Crippen LogP contribution in [0.2, 0.25) is 0 Å². The number of hydrogen-bond acceptors (Lipinski definition) is 4. The molecule has 25 heavy (non-hydrogen) atoms. The van der Waals surface area contributed by atoms with Gasteiger partial charge in [0.2, 0.25) is 0 Å². The molecule has 0 N–H and O–H groups in total. The summed E-state index contributed by atoms with van der Waals surface area (Å²) in [5.41, 5.74) is -1.40. The van der Waals surface area contributed by atoms with Crippen molar-refractivity contribution in [1.82, 2.24) is 0 Å². The van der Waals surface area contributed by atoms with Gasteiger partial charge in [-0.25, -0.2) is 0 Å². The summed E-state index contributed by atoms with van der Waals surface area (Å²) in [6, 6.07) is 0. The second-order valence-corrected chi connectivity index (χ2v) is 7.54. The average Bonchev–Trinajstić information content (AvgIpc) is 2.53. The van der Waals surface area contributed by atoms with Gasteiger partial charge in [-0.2, -0.15) is 13.2 Å². The highest BCUT2D eigenvalue weighted by Crippen LogP contribution is 2.38. The molecular weight excluding hydrogens is 337 g/mol. The summed E-state index contributed by atoms with van der Waals surface area (Å²) in [6.07, 6.45) is -2.08. The van der Waals surface area contributed by atoms with E-state index in [2.05, 4.69) is 4.74 Å². The van der Waals surface area contributed by atoms with Gasteiger partial charge in [-0.1, -0.05) is 13.3 Å². The predicted octanol–water partition coefficient (Wildman–Crippen LogP) is 4.94. The first-order valence-corrected chi connectivity index (χ1v) is 8.91. The van der Waals surface area contributed by atoms with Crippen LogP contribution in [0.25, 0.3) is 0 Å². The highest BCUT2D eigenvalue weighted by atomic mass is 19.4. The summed E-state index contributed by atoms with van der Waals surface area (Å²) < 4.78 is 47.7. The fourth-order valence-electron chi connectivity index (χ4n) is 2.73. The molecule has 0 amide bonds. The lowest BCUT2D eigenvalue weighted by atomic mass is 9.80. The summed E-state index contributed by atoms with van der Waals surface area (Å²) in [4.78, 5) is 24.2. The maximum atomic E-state index is 12.5. The van der Waals surface area contributed by atoms with Gasteiger partial charge in [-0.05, 0) is 59.3 Å². The van der Waals surface area contributed by atoms with Gasteiger partial charge in [0.1, 0.15) is 5.60 Å². The third kappa shape index (κ3) is 6.51. The fraction of sp³-hybridized carbons (Fsp3) is 0.889. The molecule has 1 saturated carbocycles. The molecule has 0 aromatic heterocycles. The van der Waals surface area contributed by atoms with E-state index in [4.69, 9.17) is 4.74 Å². The van der Waals surface area contributed by atoms with E-state index in [0.717, 1.165) is 26.2 Å². The lowest BCUT2D eigenvalue weighted by molar-refractivity contribution is -0.217. The number of esters is 2. The maximum absolute atomic E-state index is 12.5. The monoisotopic (exact) mass is 366 g/mol. The largest absolute Gasteiger partial charge is 0.459 e. The number of alkyl halides is 3. The Balaban J connectivity index is 2.70. The van der Waals surface area contributed by atoms with Crippen LogP contribution in [0.15, 0.2) is 0 Å². The van der Waals surface area contributed by atoms with Crippen LogP contribution >= 0.6 is 0 Å². The van der Waals surface area contributed by atoms with Gasteiger partial charge < -0.3 is 9.47 Å². The molecule has 0 aromatic rings. The Bertz CT molecular complexity index is 465. The fourth-order valence-corrected chi connectivity index (χ4v) is 2.73. The molecule has 1 aliphatic rings. The van der Waals surface area contributed by atoms with Crippen molar-refractivity contribution in [2.45, 2.75) is 96.9 Å². The van der Waals surface area contributed by atoms with Crippen LogP contribution in [0, 0.1) is 5.41 Å². The molecule has 0 saturated heterocycles. The highest BCUT2D eigenvalue weighted by Gasteiger charge is 2.42. The number of halogens is 3. The maximum Gasteiger partial charge on any atom is 0.425 e. The summed E-state index contributed by atoms with van der Waals surface area (Å²) >= 11 is 0. The molecule has 1 unspecified atom stereocenters. The van der Waals surface area contributed by atoms with E-state index in [1.807, 2.05) is 6.92 Å². The first kappa shape index (κ1) is 21.8. The zero-order chi connectivity index (χ0) is 19.3. The molecule has 0 bridgehead atoms. The molecule has 0 radical (unpaired) electrons. The van der Waals surface area contributed by atoms with Gasteiger partial charge in [-0.3, -0.25) is 9.59 Å². The third-order valence-electron chi connectivity index (χ3n) is 5.06. The zero-order valence-electron chi connectivity index (χ0n) is 15.5. The van der Waals surface area contributed by atoms with Crippen LogP contribution in [0.5, 0.6) is 0 Å². The molecule has 1 aliphatic carbocycles. The number of hydrogen-bond donors (Lipinski definition) is 0. The summed E-state index contributed by atoms with van der Waals surface area (Å²) in [6.45, 7) is 6.29. The Kier molecular flexibility index (Phi) is 7.32. The van der Waals surface area contributed by atoms with E-state index in [1.54, 1.807) is 13.8 Å². The Labute approximate surface area is 147 Å². The Morgan fingerprint density at radius 2 is 1.68 bits per heavy atom. The molecule has 4 nitrogen and oxygen atoms in total. The topological polar surface area (TPSA) is 52.6 Å². The minimum absolute atomic E-state index is 0.194. The number of ether oxygens (including phenoxy) is 2. The first-order chi connectivity index (χ1) is 11.4. The lowest BCUT2D eigenvalue weighted by Gasteiger charge is -2.39. The Hall–Kier alpha value is -1.27. The van der Waals surface area contributed by atoms with E-state index < -0.39 is 29.3 Å². The van der Waals surface area contributed by atoms with Crippen molar-refractivity contribution in [2.24, 2.45) is 5.41 Å². The third-order valence-corrected chi connectivity index (χ3v) is 5.06. The van der Waals surface area contributed by atoms with E-state index in [0.29, 0.717) is 19.3 Å². The molecule has 146 valence electrons. The quantitative estimate of drug-likeness (QED) is 0.599. The first-order valence-electron chi connectivity index (χ1n) is 8.91. The van der Waals surface area contributed by atoms with E-state index >= 15 is 0 Å². The van der Waals surface area contributed by atoms with Crippen LogP contribution in [0.3, 0.4) is 0 Å². The van der Waals surface area contributed by atoms with Crippen LogP contribution in [0.4, 0.5) is 13.2 Å². The van der Waals surface area contributed by atoms with Crippen molar-refractivity contribution in [3.8, 4) is 0 Å². The lowest BCUT2D eigenvalue weighted by Crippen LogP contribution is -2.42. The van der Waals surface area contributed by atoms with Crippen LogP contribution in [-0.4, -0.2) is 29.8 Å². The number of rotatable bonds is 7. The van der Waals surface area contributed by atoms with Gasteiger partial charge in [-0.15, -0.1) is 0 Å². The molecule has 1 atom stereocenters. The zero-order valence-corrected chi connectivity index (χ0v) is 15.5. The average molecular weight is 366 g/mol. The summed E-state index contributed by atoms with van der Waals surface area (Å²) in [7, 11) is 0. The Morgan fingerprint density at radius 3 is 2.16 bits per heavy atom. The molecule has 1 fully saturated rings. The Morgan fingerprint density at radius 1 is 1.12 bits per heavy atom. The minimum atomic E-state index is -4.57. The smallest absolute Gasteiger partial charge is 0.425 e. The second kappa shape index (κ2) is 8.41. The van der Waals surface area contributed by atoms with E-state index in [-0.39, 0.29) is 18.8 Å². The summed E-state index contributed by atoms with van der Waals surface area (Å²) in [5, 5.41) is 0. The van der Waals surface area contributed by atoms with E-state index in [9.17, 15) is 22.8 Å². The number of carbonyl (C=O) groups is 2. The molecule has 0 heterocycles. The van der Waals surface area contributed by atoms with Crippen LogP contribution in [0.1, 0.15) is 79.1 Å². The van der Waals surface area contributed by atoms with Crippen LogP contribution in [-0.2, 0) is 19.1 Å². The van der Waals surface area contributed by atoms with Crippen molar-refractivity contribution in [2.75, 3.05) is 0 Å². The molecule has 0 aliphatic heterocycles. The van der Waals surface area contributed by atoms with Crippen molar-refractivity contribution in [3.05, 3.63) is 0 Å². The molecule has 0 spiro atoms. The van der Waals surface area contributed by atoms with Crippen LogP contribution < -0.4 is 0 Å². The molecular formula is C18H29F3O4. The van der Waals surface area contributed by atoms with Crippen molar-refractivity contribution >= 4 is 11.9 Å². The molecule has 7 heteroatoms. The normalized spacial score (nSPS) is 19.2. The minimum Gasteiger partial charge on any atom is -0.459 e. The van der Waals surface area contributed by atoms with Gasteiger partial charge >= 0.3 is 18.1 Å². The van der Waals surface area contributed by atoms with Gasteiger partial charge in [0, 0.05) is 6.42 Å². The van der Waals surface area contributed by atoms with Crippen molar-refractivity contribution in [3.63, 3.8) is 0 Å². The van der Waals surface area contributed by atoms with Gasteiger partial charge in [0.05, 0.1) is 5.41 Å². The van der Waals surface area contributed by atoms with Crippen molar-refractivity contribution < 1.29 is 32.2 Å². The molecule has 0 aromatic carbocycles. The van der Waals surface area contributed by atoms with Crippen molar-refractivity contribution in [1.29, 1.82) is 0 Å². The number of carbonyl (C=O) groups excluding carboxylic acids is 2. The molecule has 1 rings (SSSR count). The van der Waals surface area contributed by atoms with Gasteiger partial charge in [0.15, 0.2) is 6.10 Å². The van der Waals surface area contributed by atoms with E-state index in [1.165, 1.54) is 0 Å². The predicted molar refractivity (Wildman–Crippen MR) is 86.8 cm³/mol. The van der Waals surface area contributed by atoms with Gasteiger partial charge in [0.25, 0.3) is 0 Å². The standard InChI is InChI=1S/C18H29F3O4/c1-5-16(3,4)15(23)25-17(10-7-6-8-11-17)12-9-14(22)24-13(2)18(19,20)21/h13H,5-12H2,1-4H3. The SMILES string of the molecule is CCC(C)(C)C(=O)OC1(CCC(=O)OC(C)C(F)(F)F)CCCCC1. The summed E-state index contributed by atoms with van der Waals surface area (Å²) in [5.74, 6) is -1.24.